The topological polar surface area (TPSA) is 53.2 Å². The van der Waals surface area contributed by atoms with Crippen molar-refractivity contribution in [2.24, 2.45) is 0 Å². The van der Waals surface area contributed by atoms with Crippen molar-refractivity contribution in [1.82, 2.24) is 0 Å². The zero-order valence-electron chi connectivity index (χ0n) is 13.5. The monoisotopic (exact) mass is 405 g/mol. The highest BCUT2D eigenvalue weighted by molar-refractivity contribution is 8.00. The van der Waals surface area contributed by atoms with E-state index in [-0.39, 0.29) is 5.91 Å². The molecular formula is C19H15Cl2N2O2S+. The Morgan fingerprint density at radius 3 is 2.31 bits per heavy atom. The summed E-state index contributed by atoms with van der Waals surface area (Å²) in [5.74, 6) is -0.247. The number of halogens is 2. The molecule has 0 fully saturated rings. The molecule has 1 aromatic heterocycles. The fourth-order valence-corrected chi connectivity index (χ4v) is 3.92. The largest absolute Gasteiger partial charge is 0.325 e. The van der Waals surface area contributed by atoms with Crippen LogP contribution < -0.4 is 10.0 Å². The van der Waals surface area contributed by atoms with Gasteiger partial charge >= 0.3 is 0 Å². The van der Waals surface area contributed by atoms with Crippen LogP contribution in [0.2, 0.25) is 10.0 Å². The van der Waals surface area contributed by atoms with Crippen LogP contribution in [0.3, 0.4) is 0 Å². The molecule has 132 valence electrons. The molecule has 0 aliphatic carbocycles. The number of amides is 1. The number of hydrogen-bond donors (Lipinski definition) is 2. The number of anilines is 1. The van der Waals surface area contributed by atoms with Crippen LogP contribution in [-0.2, 0) is 4.79 Å². The van der Waals surface area contributed by atoms with E-state index < -0.39 is 5.25 Å². The third-order valence-corrected chi connectivity index (χ3v) is 5.24. The highest BCUT2D eigenvalue weighted by Gasteiger charge is 2.26. The minimum absolute atomic E-state index is 0.247. The van der Waals surface area contributed by atoms with Crippen LogP contribution in [0.1, 0.15) is 10.8 Å². The molecule has 26 heavy (non-hydrogen) atoms. The lowest BCUT2D eigenvalue weighted by atomic mass is 10.1. The number of hydrogen-bond acceptors (Lipinski definition) is 3. The molecule has 4 nitrogen and oxygen atoms in total. The van der Waals surface area contributed by atoms with Crippen LogP contribution in [0.25, 0.3) is 0 Å². The van der Waals surface area contributed by atoms with Crippen molar-refractivity contribution in [1.29, 1.82) is 0 Å². The van der Waals surface area contributed by atoms with E-state index in [1.165, 1.54) is 18.0 Å². The molecular weight excluding hydrogens is 391 g/mol. The fraction of sp³-hybridized carbons (Fsp3) is 0.0526. The summed E-state index contributed by atoms with van der Waals surface area (Å²) in [6.07, 6.45) is 1.51. The van der Waals surface area contributed by atoms with E-state index in [0.717, 1.165) is 10.3 Å². The summed E-state index contributed by atoms with van der Waals surface area (Å²) < 4.78 is 0.990. The van der Waals surface area contributed by atoms with Gasteiger partial charge in [-0.05, 0) is 41.6 Å². The van der Waals surface area contributed by atoms with Crippen molar-refractivity contribution >= 4 is 46.6 Å². The molecule has 1 unspecified atom stereocenters. The van der Waals surface area contributed by atoms with Gasteiger partial charge in [0.2, 0.25) is 12.1 Å². The number of pyridine rings is 1. The molecule has 0 saturated heterocycles. The van der Waals surface area contributed by atoms with Gasteiger partial charge < -0.3 is 5.32 Å². The zero-order chi connectivity index (χ0) is 18.5. The Bertz CT molecular complexity index is 902. The first-order valence-electron chi connectivity index (χ1n) is 7.71. The maximum absolute atomic E-state index is 12.9. The van der Waals surface area contributed by atoms with Crippen LogP contribution in [0, 0.1) is 0 Å². The second-order valence-corrected chi connectivity index (χ2v) is 7.44. The number of rotatable bonds is 5. The van der Waals surface area contributed by atoms with Crippen LogP contribution in [0.15, 0.2) is 78.0 Å². The van der Waals surface area contributed by atoms with Gasteiger partial charge in [0.25, 0.3) is 5.03 Å². The maximum atomic E-state index is 12.9. The third-order valence-electron chi connectivity index (χ3n) is 3.51. The second-order valence-electron chi connectivity index (χ2n) is 5.44. The van der Waals surface area contributed by atoms with E-state index >= 15 is 0 Å². The van der Waals surface area contributed by atoms with Crippen LogP contribution in [-0.4, -0.2) is 11.1 Å². The van der Waals surface area contributed by atoms with E-state index in [4.69, 9.17) is 23.2 Å². The van der Waals surface area contributed by atoms with E-state index in [2.05, 4.69) is 5.32 Å². The average molecular weight is 406 g/mol. The lowest BCUT2D eigenvalue weighted by Crippen LogP contribution is -2.32. The lowest BCUT2D eigenvalue weighted by molar-refractivity contribution is -0.932. The molecule has 0 radical (unpaired) electrons. The Balaban J connectivity index is 1.90. The van der Waals surface area contributed by atoms with Gasteiger partial charge in [0.05, 0.1) is 0 Å². The fourth-order valence-electron chi connectivity index (χ4n) is 2.37. The SMILES string of the molecule is O=C(Nc1cc(Cl)cc(Cl)c1)C(Sc1cccc[n+]1O)c1ccccc1. The molecule has 1 amide bonds. The predicted octanol–water partition coefficient (Wildman–Crippen LogP) is 4.99. The minimum atomic E-state index is -0.574. The molecule has 0 aliphatic rings. The molecule has 1 heterocycles. The smallest absolute Gasteiger partial charge is 0.292 e. The van der Waals surface area contributed by atoms with Crippen LogP contribution >= 0.6 is 35.0 Å². The first-order chi connectivity index (χ1) is 12.5. The number of carbonyl (C=O) groups is 1. The van der Waals surface area contributed by atoms with Crippen molar-refractivity contribution in [2.75, 3.05) is 5.32 Å². The molecule has 0 bridgehead atoms. The first-order valence-corrected chi connectivity index (χ1v) is 9.35. The van der Waals surface area contributed by atoms with E-state index in [1.807, 2.05) is 30.3 Å². The molecule has 1 atom stereocenters. The molecule has 0 saturated carbocycles. The Hall–Kier alpha value is -2.21. The number of nitrogens with one attached hydrogen (secondary N) is 1. The summed E-state index contributed by atoms with van der Waals surface area (Å²) in [4.78, 5) is 12.9. The highest BCUT2D eigenvalue weighted by atomic mass is 35.5. The molecule has 0 aliphatic heterocycles. The average Bonchev–Trinajstić information content (AvgIpc) is 2.60. The van der Waals surface area contributed by atoms with E-state index in [1.54, 1.807) is 36.4 Å². The number of thioether (sulfide) groups is 1. The Kier molecular flexibility index (Phi) is 6.04. The Labute approximate surface area is 165 Å². The second kappa shape index (κ2) is 8.45. The van der Waals surface area contributed by atoms with Gasteiger partial charge in [-0.15, -0.1) is 0 Å². The summed E-state index contributed by atoms with van der Waals surface area (Å²) >= 11 is 13.2. The number of aromatic nitrogens is 1. The predicted molar refractivity (Wildman–Crippen MR) is 104 cm³/mol. The van der Waals surface area contributed by atoms with Gasteiger partial charge in [-0.3, -0.25) is 10.0 Å². The third kappa shape index (κ3) is 4.69. The molecule has 2 N–H and O–H groups in total. The Morgan fingerprint density at radius 1 is 1.00 bits per heavy atom. The lowest BCUT2D eigenvalue weighted by Gasteiger charge is -2.15. The van der Waals surface area contributed by atoms with Crippen LogP contribution in [0.4, 0.5) is 5.69 Å². The standard InChI is InChI=1S/C19H14Cl2N2O2S/c20-14-10-15(21)12-16(11-14)22-19(24)18(13-6-2-1-3-7-13)26-17-8-4-5-9-23(17)25/h1-12,18H,(H-,22,24,25)/p+1. The van der Waals surface area contributed by atoms with Crippen molar-refractivity contribution in [3.05, 3.63) is 88.5 Å². The van der Waals surface area contributed by atoms with Gasteiger partial charge in [0.15, 0.2) is 0 Å². The van der Waals surface area contributed by atoms with Gasteiger partial charge in [-0.25, -0.2) is 0 Å². The number of carbonyl (C=O) groups excluding carboxylic acids is 1. The summed E-state index contributed by atoms with van der Waals surface area (Å²) in [7, 11) is 0. The van der Waals surface area contributed by atoms with Gasteiger partial charge in [-0.2, -0.15) is 0 Å². The molecule has 3 aromatic rings. The minimum Gasteiger partial charge on any atom is -0.325 e. The highest BCUT2D eigenvalue weighted by Crippen LogP contribution is 2.35. The van der Waals surface area contributed by atoms with Crippen molar-refractivity contribution in [3.8, 4) is 0 Å². The van der Waals surface area contributed by atoms with Crippen LogP contribution in [0.5, 0.6) is 0 Å². The first kappa shape index (κ1) is 18.6. The molecule has 7 heteroatoms. The molecule has 3 rings (SSSR count). The summed E-state index contributed by atoms with van der Waals surface area (Å²) in [5, 5.41) is 13.7. The van der Waals surface area contributed by atoms with Gasteiger partial charge in [-0.1, -0.05) is 53.5 Å². The van der Waals surface area contributed by atoms with Gasteiger partial charge in [0, 0.05) is 32.6 Å². The summed E-state index contributed by atoms with van der Waals surface area (Å²) in [6, 6.07) is 19.5. The quantitative estimate of drug-likeness (QED) is 0.357. The summed E-state index contributed by atoms with van der Waals surface area (Å²) in [6.45, 7) is 0. The van der Waals surface area contributed by atoms with Crippen molar-refractivity contribution in [2.45, 2.75) is 10.3 Å². The molecule has 0 spiro atoms. The number of benzene rings is 2. The Morgan fingerprint density at radius 2 is 1.65 bits per heavy atom. The van der Waals surface area contributed by atoms with Crippen molar-refractivity contribution < 1.29 is 14.7 Å². The molecule has 2 aromatic carbocycles. The number of nitrogens with zero attached hydrogens (tertiary/aromatic N) is 1. The van der Waals surface area contributed by atoms with E-state index in [9.17, 15) is 10.0 Å². The van der Waals surface area contributed by atoms with Gasteiger partial charge in [0.1, 0.15) is 5.25 Å². The van der Waals surface area contributed by atoms with Crippen molar-refractivity contribution in [3.63, 3.8) is 0 Å². The normalized spacial score (nSPS) is 11.8. The zero-order valence-corrected chi connectivity index (χ0v) is 15.8. The summed E-state index contributed by atoms with van der Waals surface area (Å²) in [5.41, 5.74) is 1.32. The van der Waals surface area contributed by atoms with E-state index in [0.29, 0.717) is 20.8 Å². The maximum Gasteiger partial charge on any atom is 0.292 e.